The number of H-pyrrole nitrogens is 1. The van der Waals surface area contributed by atoms with E-state index in [1.54, 1.807) is 12.1 Å². The van der Waals surface area contributed by atoms with Gasteiger partial charge in [-0.2, -0.15) is 0 Å². The number of hydrogen-bond donors (Lipinski definition) is 2. The molecular formula is C21H23N3O3. The molecule has 0 aliphatic rings. The van der Waals surface area contributed by atoms with Crippen molar-refractivity contribution in [2.45, 2.75) is 19.5 Å². The minimum absolute atomic E-state index is 0.0196. The molecule has 0 spiro atoms. The molecule has 0 bridgehead atoms. The van der Waals surface area contributed by atoms with Crippen LogP contribution in [0.2, 0.25) is 0 Å². The number of nitrogens with one attached hydrogen (secondary N) is 2. The zero-order chi connectivity index (χ0) is 19.2. The first kappa shape index (κ1) is 18.7. The number of benzene rings is 2. The molecule has 1 aromatic heterocycles. The Balaban J connectivity index is 1.68. The summed E-state index contributed by atoms with van der Waals surface area (Å²) >= 11 is 0. The molecule has 6 nitrogen and oxygen atoms in total. The van der Waals surface area contributed by atoms with Gasteiger partial charge in [0.15, 0.2) is 0 Å². The summed E-state index contributed by atoms with van der Waals surface area (Å²) in [7, 11) is 2.89. The molecule has 0 unspecified atom stereocenters. The smallest absolute Gasteiger partial charge is 0.341 e. The lowest BCUT2D eigenvalue weighted by Gasteiger charge is -2.13. The number of methoxy groups -OCH3 is 2. The molecule has 3 aromatic rings. The van der Waals surface area contributed by atoms with Crippen LogP contribution in [0, 0.1) is 0 Å². The van der Waals surface area contributed by atoms with Crippen molar-refractivity contribution in [3.63, 3.8) is 0 Å². The molecule has 6 heteroatoms. The molecule has 0 saturated carbocycles. The van der Waals surface area contributed by atoms with Crippen LogP contribution in [0.5, 0.6) is 5.75 Å². The molecule has 0 saturated heterocycles. The number of hydrogen-bond acceptors (Lipinski definition) is 5. The van der Waals surface area contributed by atoms with Crippen LogP contribution in [0.4, 0.5) is 0 Å². The average molecular weight is 365 g/mol. The minimum Gasteiger partial charge on any atom is -0.496 e. The molecule has 3 rings (SSSR count). The van der Waals surface area contributed by atoms with Crippen LogP contribution in [0.25, 0.3) is 11.3 Å². The lowest BCUT2D eigenvalue weighted by molar-refractivity contribution is 0.0597. The van der Waals surface area contributed by atoms with Crippen LogP contribution in [0.1, 0.15) is 34.7 Å². The lowest BCUT2D eigenvalue weighted by atomic mass is 10.1. The van der Waals surface area contributed by atoms with Crippen LogP contribution in [-0.4, -0.2) is 30.2 Å². The highest BCUT2D eigenvalue weighted by Gasteiger charge is 2.15. The van der Waals surface area contributed by atoms with Crippen LogP contribution in [-0.2, 0) is 11.3 Å². The second kappa shape index (κ2) is 8.51. The van der Waals surface area contributed by atoms with E-state index in [-0.39, 0.29) is 6.04 Å². The second-order valence-corrected chi connectivity index (χ2v) is 6.18. The van der Waals surface area contributed by atoms with Gasteiger partial charge in [-0.25, -0.2) is 9.78 Å². The third kappa shape index (κ3) is 4.35. The number of aromatic amines is 1. The van der Waals surface area contributed by atoms with Crippen molar-refractivity contribution < 1.29 is 14.3 Å². The van der Waals surface area contributed by atoms with Gasteiger partial charge in [0.2, 0.25) is 0 Å². The van der Waals surface area contributed by atoms with E-state index in [0.717, 1.165) is 22.6 Å². The Bertz CT molecular complexity index is 906. The van der Waals surface area contributed by atoms with Gasteiger partial charge in [0.25, 0.3) is 0 Å². The van der Waals surface area contributed by atoms with Crippen molar-refractivity contribution >= 4 is 5.97 Å². The molecule has 0 amide bonds. The Labute approximate surface area is 158 Å². The van der Waals surface area contributed by atoms with Gasteiger partial charge in [-0.05, 0) is 30.2 Å². The van der Waals surface area contributed by atoms with Crippen molar-refractivity contribution in [2.75, 3.05) is 14.2 Å². The number of nitrogens with zero attached hydrogens (tertiary/aromatic N) is 1. The molecule has 0 radical (unpaired) electrons. The van der Waals surface area contributed by atoms with E-state index >= 15 is 0 Å². The van der Waals surface area contributed by atoms with E-state index in [1.807, 2.05) is 49.5 Å². The highest BCUT2D eigenvalue weighted by Crippen LogP contribution is 2.22. The molecule has 27 heavy (non-hydrogen) atoms. The van der Waals surface area contributed by atoms with Crippen molar-refractivity contribution in [1.29, 1.82) is 0 Å². The fourth-order valence-corrected chi connectivity index (χ4v) is 2.82. The monoisotopic (exact) mass is 365 g/mol. The Kier molecular flexibility index (Phi) is 5.88. The average Bonchev–Trinajstić information content (AvgIpc) is 3.22. The predicted octanol–water partition coefficient (Wildman–Crippen LogP) is 3.72. The number of carbonyl (C=O) groups is 1. The first-order valence-electron chi connectivity index (χ1n) is 8.71. The zero-order valence-electron chi connectivity index (χ0n) is 15.7. The summed E-state index contributed by atoms with van der Waals surface area (Å²) in [6.07, 6.45) is 1.84. The SMILES string of the molecule is COC(=O)c1cc(CN[C@@H](C)c2ncc(-c3ccccc3)[nH]2)ccc1OC. The van der Waals surface area contributed by atoms with Gasteiger partial charge in [-0.1, -0.05) is 36.4 Å². The summed E-state index contributed by atoms with van der Waals surface area (Å²) in [6.45, 7) is 2.62. The van der Waals surface area contributed by atoms with Crippen molar-refractivity contribution in [2.24, 2.45) is 0 Å². The molecule has 1 heterocycles. The largest absolute Gasteiger partial charge is 0.496 e. The first-order chi connectivity index (χ1) is 13.1. The van der Waals surface area contributed by atoms with Crippen LogP contribution in [0.3, 0.4) is 0 Å². The van der Waals surface area contributed by atoms with E-state index in [0.29, 0.717) is 17.9 Å². The van der Waals surface area contributed by atoms with E-state index in [9.17, 15) is 4.79 Å². The molecule has 140 valence electrons. The number of rotatable bonds is 7. The standard InChI is InChI=1S/C21H23N3O3/c1-14(20-23-13-18(24-20)16-7-5-4-6-8-16)22-12-15-9-10-19(26-2)17(11-15)21(25)27-3/h4-11,13-14,22H,12H2,1-3H3,(H,23,24)/t14-/m0/s1. The van der Waals surface area contributed by atoms with Gasteiger partial charge in [0.05, 0.1) is 32.2 Å². The Morgan fingerprint density at radius 1 is 1.19 bits per heavy atom. The minimum atomic E-state index is -0.416. The van der Waals surface area contributed by atoms with Gasteiger partial charge in [-0.3, -0.25) is 0 Å². The third-order valence-electron chi connectivity index (χ3n) is 4.37. The van der Waals surface area contributed by atoms with Gasteiger partial charge >= 0.3 is 5.97 Å². The molecule has 2 N–H and O–H groups in total. The third-order valence-corrected chi connectivity index (χ3v) is 4.37. The molecule has 0 aliphatic heterocycles. The fraction of sp³-hybridized carbons (Fsp3) is 0.238. The van der Waals surface area contributed by atoms with Crippen molar-refractivity contribution in [3.05, 3.63) is 71.7 Å². The maximum Gasteiger partial charge on any atom is 0.341 e. The number of imidazole rings is 1. The van der Waals surface area contributed by atoms with Crippen molar-refractivity contribution in [3.8, 4) is 17.0 Å². The normalized spacial score (nSPS) is 11.8. The zero-order valence-corrected chi connectivity index (χ0v) is 15.7. The van der Waals surface area contributed by atoms with Gasteiger partial charge in [0.1, 0.15) is 17.1 Å². The molecular weight excluding hydrogens is 342 g/mol. The number of esters is 1. The molecule has 1 atom stereocenters. The fourth-order valence-electron chi connectivity index (χ4n) is 2.82. The van der Waals surface area contributed by atoms with E-state index in [1.165, 1.54) is 14.2 Å². The van der Waals surface area contributed by atoms with Crippen LogP contribution >= 0.6 is 0 Å². The van der Waals surface area contributed by atoms with Gasteiger partial charge in [0, 0.05) is 6.54 Å². The molecule has 0 aliphatic carbocycles. The Morgan fingerprint density at radius 3 is 2.67 bits per heavy atom. The maximum atomic E-state index is 11.9. The highest BCUT2D eigenvalue weighted by molar-refractivity contribution is 5.92. The van der Waals surface area contributed by atoms with E-state index in [4.69, 9.17) is 9.47 Å². The summed E-state index contributed by atoms with van der Waals surface area (Å²) < 4.78 is 10.0. The predicted molar refractivity (Wildman–Crippen MR) is 104 cm³/mol. The quantitative estimate of drug-likeness (QED) is 0.624. The van der Waals surface area contributed by atoms with E-state index in [2.05, 4.69) is 15.3 Å². The summed E-state index contributed by atoms with van der Waals surface area (Å²) in [5, 5.41) is 3.41. The molecule has 0 fully saturated rings. The number of carbonyl (C=O) groups excluding carboxylic acids is 1. The van der Waals surface area contributed by atoms with Crippen LogP contribution in [0.15, 0.2) is 54.7 Å². The Hall–Kier alpha value is -3.12. The van der Waals surface area contributed by atoms with Gasteiger partial charge in [-0.15, -0.1) is 0 Å². The van der Waals surface area contributed by atoms with Crippen LogP contribution < -0.4 is 10.1 Å². The summed E-state index contributed by atoms with van der Waals surface area (Å²) in [6, 6.07) is 15.6. The van der Waals surface area contributed by atoms with Gasteiger partial charge < -0.3 is 19.8 Å². The summed E-state index contributed by atoms with van der Waals surface area (Å²) in [5.74, 6) is 0.938. The number of aromatic nitrogens is 2. The number of ether oxygens (including phenoxy) is 2. The topological polar surface area (TPSA) is 76.2 Å². The first-order valence-corrected chi connectivity index (χ1v) is 8.71. The van der Waals surface area contributed by atoms with E-state index < -0.39 is 5.97 Å². The highest BCUT2D eigenvalue weighted by atomic mass is 16.5. The van der Waals surface area contributed by atoms with Crippen molar-refractivity contribution in [1.82, 2.24) is 15.3 Å². The summed E-state index contributed by atoms with van der Waals surface area (Å²) in [5.41, 5.74) is 3.45. The Morgan fingerprint density at radius 2 is 1.96 bits per heavy atom. The molecule has 2 aromatic carbocycles. The lowest BCUT2D eigenvalue weighted by Crippen LogP contribution is -2.19. The second-order valence-electron chi connectivity index (χ2n) is 6.18. The summed E-state index contributed by atoms with van der Waals surface area (Å²) in [4.78, 5) is 19.7. The maximum absolute atomic E-state index is 11.9.